The molecular weight excluding hydrogens is 1050 g/mol. The van der Waals surface area contributed by atoms with Crippen molar-refractivity contribution >= 4 is 101 Å². The van der Waals surface area contributed by atoms with Crippen LogP contribution in [0.15, 0.2) is 107 Å². The molecule has 2 aliphatic heterocycles. The number of carboxylic acids is 1. The highest BCUT2D eigenvalue weighted by Gasteiger charge is 2.36. The van der Waals surface area contributed by atoms with E-state index in [9.17, 15) is 52.8 Å². The number of anilines is 4. The lowest BCUT2D eigenvalue weighted by atomic mass is 10.1. The highest BCUT2D eigenvalue weighted by atomic mass is 35.5. The number of aryl methyl sites for hydroxylation is 2. The first-order valence-electron chi connectivity index (χ1n) is 19.6. The van der Waals surface area contributed by atoms with Gasteiger partial charge in [0, 0.05) is 37.9 Å². The normalized spacial score (nSPS) is 13.5. The molecule has 0 saturated heterocycles. The summed E-state index contributed by atoms with van der Waals surface area (Å²) in [5.74, 6) is -2.17. The van der Waals surface area contributed by atoms with Crippen molar-refractivity contribution in [1.29, 1.82) is 0 Å². The van der Waals surface area contributed by atoms with Crippen LogP contribution in [0.1, 0.15) is 56.3 Å². The minimum atomic E-state index is -4.87. The molecule has 1 amide bonds. The monoisotopic (exact) mass is 1080 g/mol. The van der Waals surface area contributed by atoms with Crippen molar-refractivity contribution < 1.29 is 57.9 Å². The number of pyridine rings is 4. The Bertz CT molecular complexity index is 3130. The second-order valence-electron chi connectivity index (χ2n) is 14.5. The molecule has 6 heterocycles. The van der Waals surface area contributed by atoms with Gasteiger partial charge in [0.25, 0.3) is 26.0 Å². The van der Waals surface area contributed by atoms with Crippen molar-refractivity contribution in [1.82, 2.24) is 19.9 Å². The lowest BCUT2D eigenvalue weighted by Gasteiger charge is -2.28. The summed E-state index contributed by atoms with van der Waals surface area (Å²) in [5, 5.41) is 10.9. The number of amides is 1. The minimum Gasteiger partial charge on any atom is -0.476 e. The fourth-order valence-corrected chi connectivity index (χ4v) is 9.50. The molecule has 4 N–H and O–H groups in total. The molecule has 0 bridgehead atoms. The molecule has 364 valence electrons. The number of carbonyl (C=O) groups is 2. The molecule has 8 rings (SSSR count). The predicted molar refractivity (Wildman–Crippen MR) is 245 cm³/mol. The van der Waals surface area contributed by atoms with Crippen LogP contribution < -0.4 is 19.7 Å². The largest absolute Gasteiger partial charge is 0.476 e. The van der Waals surface area contributed by atoms with Crippen molar-refractivity contribution in [3.8, 4) is 0 Å². The number of nitrogens with zero attached hydrogens (tertiary/aromatic N) is 5. The SMILES string of the molecule is O=C(O)c1ncc(Cl)cc1NS(=O)(=O)c1ccc(Cl)c(C(F)(F)F)c1.O=C(c1ncc(Cl)cc1NS(=O)(=O)c1ccc(Cl)c(C(F)(F)F)c1)N1CCCc2ncccc21.c1cnc2c(c1)NCCC2. The van der Waals surface area contributed by atoms with Gasteiger partial charge in [-0.15, -0.1) is 0 Å². The third kappa shape index (κ3) is 13.0. The summed E-state index contributed by atoms with van der Waals surface area (Å²) in [6.45, 7) is 1.44. The van der Waals surface area contributed by atoms with Crippen LogP contribution in [0.3, 0.4) is 0 Å². The van der Waals surface area contributed by atoms with E-state index in [0.717, 1.165) is 55.6 Å². The summed E-state index contributed by atoms with van der Waals surface area (Å²) >= 11 is 22.6. The number of carbonyl (C=O) groups excluding carboxylic acids is 1. The van der Waals surface area contributed by atoms with E-state index in [-0.39, 0.29) is 21.4 Å². The first-order chi connectivity index (χ1) is 32.4. The van der Waals surface area contributed by atoms with E-state index < -0.39 is 86.6 Å². The van der Waals surface area contributed by atoms with Crippen LogP contribution >= 0.6 is 46.4 Å². The standard InChI is InChI=1S/C21H15Cl2F3N4O3S.C13H7Cl2F3N2O4S.C8H10N2/c22-12-9-17(29-34(32,33)13-5-6-15(23)14(10-13)21(24,25)26)19(28-11-12)20(31)30-8-2-3-16-18(30)4-1-7-27-16;14-6-3-10(11(12(21)22)19-5-6)20-25(23,24)7-1-2-9(15)8(4-7)13(16,17)18;1-3-7-8(9-5-1)4-2-6-10-7/h1,4-7,9-11,29H,2-3,8H2;1-5,20H,(H,21,22);1,3,5,10H,2,4,6H2. The Balaban J connectivity index is 0.000000194. The topological polar surface area (TPSA) is 214 Å². The average molecular weight is 1080 g/mol. The maximum absolute atomic E-state index is 13.3. The maximum Gasteiger partial charge on any atom is 0.417 e. The quantitative estimate of drug-likeness (QED) is 0.105. The number of carboxylic acid groups (broad SMARTS) is 1. The molecule has 4 aromatic heterocycles. The number of hydrogen-bond donors (Lipinski definition) is 4. The van der Waals surface area contributed by atoms with E-state index >= 15 is 0 Å². The third-order valence-electron chi connectivity index (χ3n) is 9.70. The summed E-state index contributed by atoms with van der Waals surface area (Å²) in [6.07, 6.45) is -0.477. The molecule has 0 unspecified atom stereocenters. The molecule has 0 aliphatic carbocycles. The number of hydrogen-bond acceptors (Lipinski definition) is 11. The van der Waals surface area contributed by atoms with Crippen LogP contribution in [0, 0.1) is 0 Å². The molecule has 0 fully saturated rings. The highest BCUT2D eigenvalue weighted by molar-refractivity contribution is 7.93. The molecule has 0 atom stereocenters. The van der Waals surface area contributed by atoms with E-state index in [4.69, 9.17) is 51.5 Å². The second-order valence-corrected chi connectivity index (χ2v) is 19.5. The lowest BCUT2D eigenvalue weighted by molar-refractivity contribution is -0.138. The first-order valence-corrected chi connectivity index (χ1v) is 24.1. The number of nitrogens with one attached hydrogen (secondary N) is 3. The molecule has 69 heavy (non-hydrogen) atoms. The van der Waals surface area contributed by atoms with Crippen molar-refractivity contribution in [2.75, 3.05) is 32.8 Å². The van der Waals surface area contributed by atoms with E-state index in [1.54, 1.807) is 18.3 Å². The van der Waals surface area contributed by atoms with E-state index in [1.807, 2.05) is 17.0 Å². The van der Waals surface area contributed by atoms with Crippen LogP contribution in [0.25, 0.3) is 0 Å². The van der Waals surface area contributed by atoms with Crippen molar-refractivity contribution in [3.05, 3.63) is 152 Å². The van der Waals surface area contributed by atoms with Crippen molar-refractivity contribution in [3.63, 3.8) is 0 Å². The number of rotatable bonds is 8. The van der Waals surface area contributed by atoms with Crippen molar-refractivity contribution in [2.24, 2.45) is 0 Å². The smallest absolute Gasteiger partial charge is 0.417 e. The minimum absolute atomic E-state index is 0.0158. The zero-order chi connectivity index (χ0) is 50.5. The van der Waals surface area contributed by atoms with Gasteiger partial charge in [-0.05, 0) is 98.5 Å². The Morgan fingerprint density at radius 2 is 1.14 bits per heavy atom. The summed E-state index contributed by atoms with van der Waals surface area (Å²) in [4.78, 5) is 40.4. The maximum atomic E-state index is 13.3. The lowest BCUT2D eigenvalue weighted by Crippen LogP contribution is -2.37. The third-order valence-corrected chi connectivity index (χ3v) is 13.5. The van der Waals surface area contributed by atoms with Gasteiger partial charge >= 0.3 is 18.3 Å². The Kier molecular flexibility index (Phi) is 16.2. The average Bonchev–Trinajstić information content (AvgIpc) is 3.28. The number of benzene rings is 2. The fraction of sp³-hybridized carbons (Fsp3) is 0.190. The number of aromatic carboxylic acids is 1. The van der Waals surface area contributed by atoms with E-state index in [2.05, 4.69) is 36.0 Å². The van der Waals surface area contributed by atoms with Gasteiger partial charge in [-0.3, -0.25) is 24.2 Å². The van der Waals surface area contributed by atoms with Crippen LogP contribution in [0.5, 0.6) is 0 Å². The van der Waals surface area contributed by atoms with Gasteiger partial charge in [-0.2, -0.15) is 26.3 Å². The molecule has 15 nitrogen and oxygen atoms in total. The van der Waals surface area contributed by atoms with E-state index in [0.29, 0.717) is 42.9 Å². The fourth-order valence-electron chi connectivity index (χ4n) is 6.57. The van der Waals surface area contributed by atoms with Gasteiger partial charge in [0.05, 0.1) is 75.1 Å². The van der Waals surface area contributed by atoms with E-state index in [1.165, 1.54) is 28.9 Å². The Hall–Kier alpha value is -5.98. The summed E-state index contributed by atoms with van der Waals surface area (Å²) in [7, 11) is -9.12. The summed E-state index contributed by atoms with van der Waals surface area (Å²) in [5.41, 5.74) is -0.665. The first kappa shape index (κ1) is 52.4. The number of halogens is 10. The van der Waals surface area contributed by atoms with Gasteiger partial charge < -0.3 is 15.3 Å². The van der Waals surface area contributed by atoms with Crippen LogP contribution in [-0.4, -0.2) is 66.8 Å². The van der Waals surface area contributed by atoms with Crippen LogP contribution in [-0.2, 0) is 45.2 Å². The van der Waals surface area contributed by atoms with Crippen molar-refractivity contribution in [2.45, 2.75) is 47.8 Å². The van der Waals surface area contributed by atoms with Gasteiger partial charge in [-0.25, -0.2) is 31.6 Å². The summed E-state index contributed by atoms with van der Waals surface area (Å²) < 4.78 is 133. The number of sulfonamides is 2. The summed E-state index contributed by atoms with van der Waals surface area (Å²) in [6, 6.07) is 13.7. The number of fused-ring (bicyclic) bond motifs is 2. The Morgan fingerprint density at radius 1 is 0.652 bits per heavy atom. The Labute approximate surface area is 408 Å². The molecule has 0 spiro atoms. The van der Waals surface area contributed by atoms with Gasteiger partial charge in [0.15, 0.2) is 11.4 Å². The predicted octanol–water partition coefficient (Wildman–Crippen LogP) is 10.5. The molecule has 0 radical (unpaired) electrons. The molecule has 2 aromatic carbocycles. The molecular formula is C42H32Cl4F6N8O7S2. The Morgan fingerprint density at radius 3 is 1.67 bits per heavy atom. The number of aromatic nitrogens is 4. The number of alkyl halides is 6. The molecule has 27 heteroatoms. The van der Waals surface area contributed by atoms with Crippen LogP contribution in [0.4, 0.5) is 49.1 Å². The van der Waals surface area contributed by atoms with Gasteiger partial charge in [0.2, 0.25) is 0 Å². The highest BCUT2D eigenvalue weighted by Crippen LogP contribution is 2.38. The zero-order valence-electron chi connectivity index (χ0n) is 34.7. The van der Waals surface area contributed by atoms with Gasteiger partial charge in [-0.1, -0.05) is 46.4 Å². The molecule has 0 saturated carbocycles. The molecule has 2 aliphatic rings. The molecule has 6 aromatic rings. The second kappa shape index (κ2) is 21.3. The zero-order valence-corrected chi connectivity index (χ0v) is 39.4. The van der Waals surface area contributed by atoms with Crippen LogP contribution in [0.2, 0.25) is 20.1 Å². The van der Waals surface area contributed by atoms with Gasteiger partial charge in [0.1, 0.15) is 0 Å².